The van der Waals surface area contributed by atoms with Gasteiger partial charge in [0.2, 0.25) is 0 Å². The lowest BCUT2D eigenvalue weighted by atomic mass is 10.0. The Labute approximate surface area is 538 Å². The van der Waals surface area contributed by atoms with Gasteiger partial charge in [-0.25, -0.2) is 0 Å². The summed E-state index contributed by atoms with van der Waals surface area (Å²) in [6.07, 6.45) is 89.8. The van der Waals surface area contributed by atoms with Gasteiger partial charge in [0.1, 0.15) is 13.2 Å². The van der Waals surface area contributed by atoms with E-state index in [4.69, 9.17) is 18.9 Å². The van der Waals surface area contributed by atoms with Crippen LogP contribution in [0.25, 0.3) is 0 Å². The lowest BCUT2D eigenvalue weighted by Gasteiger charge is -2.26. The molecule has 0 saturated carbocycles. The van der Waals surface area contributed by atoms with Gasteiger partial charge in [0.05, 0.1) is 40.3 Å². The van der Waals surface area contributed by atoms with Crippen LogP contribution < -0.4 is 5.11 Å². The third kappa shape index (κ3) is 69.8. The molecular weight excluding hydrogens is 1080 g/mol. The molecule has 0 heterocycles. The van der Waals surface area contributed by atoms with E-state index in [1.54, 1.807) is 0 Å². The van der Waals surface area contributed by atoms with E-state index in [0.29, 0.717) is 17.4 Å². The van der Waals surface area contributed by atoms with Crippen LogP contribution in [0.2, 0.25) is 0 Å². The van der Waals surface area contributed by atoms with Crippen molar-refractivity contribution in [1.29, 1.82) is 0 Å². The van der Waals surface area contributed by atoms with Crippen molar-refractivity contribution in [1.82, 2.24) is 0 Å². The molecule has 0 rings (SSSR count). The summed E-state index contributed by atoms with van der Waals surface area (Å²) >= 11 is 0. The Balaban J connectivity index is 4.08. The molecular formula is C78H139NO8. The van der Waals surface area contributed by atoms with Crippen LogP contribution in [0.15, 0.2) is 85.1 Å². The zero-order valence-electron chi connectivity index (χ0n) is 57.6. The van der Waals surface area contributed by atoms with Crippen LogP contribution in [0.3, 0.4) is 0 Å². The maximum absolute atomic E-state index is 12.9. The summed E-state index contributed by atoms with van der Waals surface area (Å²) < 4.78 is 22.8. The molecule has 0 aromatic rings. The highest BCUT2D eigenvalue weighted by atomic mass is 16.7. The quantitative estimate of drug-likeness (QED) is 0.0195. The third-order valence-corrected chi connectivity index (χ3v) is 16.2. The highest BCUT2D eigenvalue weighted by molar-refractivity contribution is 5.70. The minimum absolute atomic E-state index is 0.141. The number of quaternary nitrogens is 1. The van der Waals surface area contributed by atoms with E-state index in [0.717, 1.165) is 96.3 Å². The van der Waals surface area contributed by atoms with E-state index in [1.165, 1.54) is 205 Å². The Morgan fingerprint density at radius 3 is 0.977 bits per heavy atom. The average Bonchev–Trinajstić information content (AvgIpc) is 3.56. The van der Waals surface area contributed by atoms with Crippen molar-refractivity contribution >= 4 is 17.9 Å². The summed E-state index contributed by atoms with van der Waals surface area (Å²) in [6.45, 7) is 4.65. The maximum Gasteiger partial charge on any atom is 0.306 e. The normalized spacial score (nSPS) is 13.2. The fraction of sp³-hybridized carbons (Fsp3) is 0.782. The van der Waals surface area contributed by atoms with E-state index in [1.807, 2.05) is 21.1 Å². The predicted molar refractivity (Wildman–Crippen MR) is 371 cm³/mol. The zero-order valence-corrected chi connectivity index (χ0v) is 57.6. The smallest absolute Gasteiger partial charge is 0.306 e. The number of esters is 2. The molecule has 0 aliphatic heterocycles. The number of carboxylic acids is 1. The van der Waals surface area contributed by atoms with Gasteiger partial charge in [-0.3, -0.25) is 9.59 Å². The number of ether oxygens (including phenoxy) is 4. The van der Waals surface area contributed by atoms with Crippen LogP contribution in [0.4, 0.5) is 0 Å². The van der Waals surface area contributed by atoms with Crippen molar-refractivity contribution in [3.8, 4) is 0 Å². The topological polar surface area (TPSA) is 111 Å². The number of allylic oxidation sites excluding steroid dienone is 14. The van der Waals surface area contributed by atoms with Crippen LogP contribution in [0.1, 0.15) is 335 Å². The molecule has 0 amide bonds. The molecule has 0 aromatic carbocycles. The van der Waals surface area contributed by atoms with E-state index >= 15 is 0 Å². The minimum Gasteiger partial charge on any atom is -0.545 e. The number of hydrogen-bond donors (Lipinski definition) is 0. The van der Waals surface area contributed by atoms with Gasteiger partial charge >= 0.3 is 11.9 Å². The molecule has 0 spiro atoms. The second-order valence-electron chi connectivity index (χ2n) is 25.9. The van der Waals surface area contributed by atoms with Crippen LogP contribution in [0, 0.1) is 0 Å². The third-order valence-electron chi connectivity index (χ3n) is 16.2. The van der Waals surface area contributed by atoms with Crippen molar-refractivity contribution in [2.45, 2.75) is 347 Å². The molecule has 2 atom stereocenters. The molecule has 9 nitrogen and oxygen atoms in total. The molecule has 504 valence electrons. The van der Waals surface area contributed by atoms with Crippen LogP contribution >= 0.6 is 0 Å². The number of carboxylic acid groups (broad SMARTS) is 1. The van der Waals surface area contributed by atoms with Crippen molar-refractivity contribution < 1.29 is 42.9 Å². The van der Waals surface area contributed by atoms with Gasteiger partial charge in [0.15, 0.2) is 12.4 Å². The summed E-state index contributed by atoms with van der Waals surface area (Å²) in [5, 5.41) is 11.8. The van der Waals surface area contributed by atoms with Gasteiger partial charge in [-0.1, -0.05) is 336 Å². The Morgan fingerprint density at radius 2 is 0.655 bits per heavy atom. The van der Waals surface area contributed by atoms with Gasteiger partial charge in [0, 0.05) is 12.8 Å². The molecule has 87 heavy (non-hydrogen) atoms. The summed E-state index contributed by atoms with van der Waals surface area (Å²) in [4.78, 5) is 37.5. The number of likely N-dealkylation sites (N-methyl/N-ethyl adjacent to an activating group) is 1. The second-order valence-corrected chi connectivity index (χ2v) is 25.9. The second kappa shape index (κ2) is 68.4. The molecule has 0 saturated heterocycles. The van der Waals surface area contributed by atoms with Gasteiger partial charge < -0.3 is 33.3 Å². The average molecular weight is 1220 g/mol. The lowest BCUT2D eigenvalue weighted by molar-refractivity contribution is -0.870. The van der Waals surface area contributed by atoms with Gasteiger partial charge in [-0.2, -0.15) is 0 Å². The van der Waals surface area contributed by atoms with E-state index in [-0.39, 0.29) is 38.6 Å². The number of nitrogens with zero attached hydrogens (tertiary/aromatic N) is 1. The fourth-order valence-electron chi connectivity index (χ4n) is 10.6. The fourth-order valence-corrected chi connectivity index (χ4v) is 10.6. The maximum atomic E-state index is 12.9. The molecule has 9 heteroatoms. The molecule has 0 aromatic heterocycles. The minimum atomic E-state index is -1.63. The number of aliphatic carboxylic acids is 1. The molecule has 0 aliphatic rings. The first-order valence-electron chi connectivity index (χ1n) is 36.7. The summed E-state index contributed by atoms with van der Waals surface area (Å²) in [6, 6.07) is 0. The number of carbonyl (C=O) groups excluding carboxylic acids is 3. The van der Waals surface area contributed by atoms with Crippen LogP contribution in [-0.4, -0.2) is 82.3 Å². The summed E-state index contributed by atoms with van der Waals surface area (Å²) in [5.41, 5.74) is 0. The molecule has 2 unspecified atom stereocenters. The standard InChI is InChI=1S/C78H139NO8/c1-6-8-10-12-14-16-18-20-22-24-26-28-30-32-34-35-36-37-38-39-40-41-43-44-46-48-50-52-54-56-58-60-62-64-66-68-75(80)85-72-74(73-86-78(77(82)83)84-71-70-79(3,4)5)87-76(81)69-67-65-63-61-59-57-55-53-51-49-47-45-42-33-31-29-27-25-23-21-19-17-15-13-11-9-7-2/h9,11,15,17,21,23,27,29,33,42,47,49,53,55,74,78H,6-8,10,12-14,16,18-20,22,24-26,28,30-32,34-41,43-46,48,50-52,54,56-73H2,1-5H3/b11-9-,17-15-,23-21-,29-27-,42-33-,49-47-,55-53-. The first kappa shape index (κ1) is 83.5. The summed E-state index contributed by atoms with van der Waals surface area (Å²) in [5.74, 6) is -2.30. The summed E-state index contributed by atoms with van der Waals surface area (Å²) in [7, 11) is 5.93. The molecule has 0 bridgehead atoms. The molecule has 0 radical (unpaired) electrons. The Hall–Kier alpha value is -3.53. The van der Waals surface area contributed by atoms with Crippen LogP contribution in [0.5, 0.6) is 0 Å². The number of unbranched alkanes of at least 4 members (excludes halogenated alkanes) is 39. The molecule has 0 N–H and O–H groups in total. The van der Waals surface area contributed by atoms with Crippen LogP contribution in [-0.2, 0) is 33.3 Å². The van der Waals surface area contributed by atoms with Crippen molar-refractivity contribution in [2.24, 2.45) is 0 Å². The number of carbonyl (C=O) groups is 3. The molecule has 0 fully saturated rings. The monoisotopic (exact) mass is 1220 g/mol. The number of hydrogen-bond acceptors (Lipinski definition) is 8. The van der Waals surface area contributed by atoms with Gasteiger partial charge in [-0.15, -0.1) is 0 Å². The van der Waals surface area contributed by atoms with E-state index in [9.17, 15) is 19.5 Å². The Morgan fingerprint density at radius 1 is 0.356 bits per heavy atom. The predicted octanol–water partition coefficient (Wildman–Crippen LogP) is 21.7. The first-order chi connectivity index (χ1) is 42.6. The largest absolute Gasteiger partial charge is 0.545 e. The first-order valence-corrected chi connectivity index (χ1v) is 36.7. The Bertz CT molecular complexity index is 1700. The molecule has 0 aliphatic carbocycles. The SMILES string of the molecule is CC/C=C\C/C=C\C/C=C\C/C=C\C/C=C\C/C=C\C/C=C\CCCCCCCC(=O)OC(COC(=O)CCCCCCCCCCCCCCCCCCCCCCCCCCCCCCCCCCCCC)COC(OCC[N+](C)(C)C)C(=O)[O-]. The lowest BCUT2D eigenvalue weighted by Crippen LogP contribution is -2.44. The van der Waals surface area contributed by atoms with Crippen molar-refractivity contribution in [3.63, 3.8) is 0 Å². The number of rotatable bonds is 68. The highest BCUT2D eigenvalue weighted by Crippen LogP contribution is 2.19. The van der Waals surface area contributed by atoms with Crippen molar-refractivity contribution in [3.05, 3.63) is 85.1 Å². The highest BCUT2D eigenvalue weighted by Gasteiger charge is 2.22. The van der Waals surface area contributed by atoms with Gasteiger partial charge in [-0.05, 0) is 70.6 Å². The van der Waals surface area contributed by atoms with Crippen molar-refractivity contribution in [2.75, 3.05) is 47.5 Å². The zero-order chi connectivity index (χ0) is 63.3. The van der Waals surface area contributed by atoms with E-state index < -0.39 is 24.3 Å². The van der Waals surface area contributed by atoms with E-state index in [2.05, 4.69) is 98.9 Å². The van der Waals surface area contributed by atoms with Gasteiger partial charge in [0.25, 0.3) is 0 Å². The Kier molecular flexibility index (Phi) is 65.6.